The molecule has 0 aromatic carbocycles. The van der Waals surface area contributed by atoms with Crippen LogP contribution < -0.4 is 10.6 Å². The van der Waals surface area contributed by atoms with Gasteiger partial charge in [0.2, 0.25) is 0 Å². The third-order valence-corrected chi connectivity index (χ3v) is 3.93. The molecule has 2 heterocycles. The van der Waals surface area contributed by atoms with E-state index in [0.29, 0.717) is 5.84 Å². The quantitative estimate of drug-likeness (QED) is 0.361. The highest BCUT2D eigenvalue weighted by atomic mass is 16.4. The molecule has 1 fully saturated rings. The van der Waals surface area contributed by atoms with Crippen molar-refractivity contribution in [3.05, 3.63) is 18.1 Å². The summed E-state index contributed by atoms with van der Waals surface area (Å²) >= 11 is 0. The number of hydrogen-bond acceptors (Lipinski definition) is 6. The van der Waals surface area contributed by atoms with E-state index in [9.17, 15) is 0 Å². The number of oxime groups is 1. The third-order valence-electron chi connectivity index (χ3n) is 3.93. The van der Waals surface area contributed by atoms with Gasteiger partial charge < -0.3 is 15.8 Å². The van der Waals surface area contributed by atoms with E-state index in [1.165, 1.54) is 0 Å². The van der Waals surface area contributed by atoms with E-state index >= 15 is 0 Å². The molecule has 1 aromatic rings. The molecule has 1 aliphatic rings. The summed E-state index contributed by atoms with van der Waals surface area (Å²) in [4.78, 5) is 13.2. The first-order valence-corrected chi connectivity index (χ1v) is 7.41. The van der Waals surface area contributed by atoms with E-state index in [1.807, 2.05) is 6.92 Å². The van der Waals surface area contributed by atoms with Crippen LogP contribution in [0, 0.1) is 6.92 Å². The van der Waals surface area contributed by atoms with Gasteiger partial charge >= 0.3 is 0 Å². The Morgan fingerprint density at radius 1 is 1.33 bits per heavy atom. The number of aryl methyl sites for hydroxylation is 1. The lowest BCUT2D eigenvalue weighted by Gasteiger charge is -2.39. The molecule has 0 radical (unpaired) electrons. The lowest BCUT2D eigenvalue weighted by atomic mass is 10.1. The van der Waals surface area contributed by atoms with Gasteiger partial charge in [0.15, 0.2) is 5.84 Å². The fourth-order valence-corrected chi connectivity index (χ4v) is 2.81. The molecule has 3 N–H and O–H groups in total. The number of piperazine rings is 1. The smallest absolute Gasteiger partial charge is 0.156 e. The van der Waals surface area contributed by atoms with E-state index in [0.717, 1.165) is 50.5 Å². The third kappa shape index (κ3) is 3.60. The van der Waals surface area contributed by atoms with Crippen LogP contribution in [-0.4, -0.2) is 58.1 Å². The number of aromatic nitrogens is 2. The van der Waals surface area contributed by atoms with Crippen molar-refractivity contribution in [2.24, 2.45) is 10.9 Å². The predicted molar refractivity (Wildman–Crippen MR) is 82.7 cm³/mol. The zero-order valence-electron chi connectivity index (χ0n) is 12.7. The van der Waals surface area contributed by atoms with Gasteiger partial charge in [0.05, 0.1) is 11.7 Å². The van der Waals surface area contributed by atoms with Crippen LogP contribution in [0.2, 0.25) is 0 Å². The molecule has 1 atom stereocenters. The summed E-state index contributed by atoms with van der Waals surface area (Å²) in [5.74, 6) is 1.26. The zero-order chi connectivity index (χ0) is 15.2. The second kappa shape index (κ2) is 7.21. The molecule has 0 amide bonds. The van der Waals surface area contributed by atoms with Gasteiger partial charge in [0.1, 0.15) is 5.82 Å². The number of hydrogen-bond donors (Lipinski definition) is 2. The molecule has 7 heteroatoms. The molecule has 116 valence electrons. The summed E-state index contributed by atoms with van der Waals surface area (Å²) in [7, 11) is 0. The second-order valence-corrected chi connectivity index (χ2v) is 5.32. The predicted octanol–water partition coefficient (Wildman–Crippen LogP) is 0.822. The number of anilines is 1. The van der Waals surface area contributed by atoms with Crippen LogP contribution in [0.15, 0.2) is 17.5 Å². The molecular formula is C14H24N6O. The van der Waals surface area contributed by atoms with Gasteiger partial charge in [-0.05, 0) is 13.3 Å². The normalized spacial score (nSPS) is 18.8. The van der Waals surface area contributed by atoms with Crippen molar-refractivity contribution >= 4 is 11.7 Å². The molecule has 1 unspecified atom stereocenters. The van der Waals surface area contributed by atoms with Crippen LogP contribution in [0.25, 0.3) is 0 Å². The van der Waals surface area contributed by atoms with Gasteiger partial charge in [0.25, 0.3) is 0 Å². The first-order valence-electron chi connectivity index (χ1n) is 7.41. The van der Waals surface area contributed by atoms with Crippen LogP contribution in [-0.2, 0) is 0 Å². The molecule has 2 rings (SSSR count). The minimum Gasteiger partial charge on any atom is -0.409 e. The fraction of sp³-hybridized carbons (Fsp3) is 0.643. The molecule has 1 aromatic heterocycles. The van der Waals surface area contributed by atoms with E-state index in [-0.39, 0.29) is 6.04 Å². The minimum absolute atomic E-state index is 0.0186. The Balaban J connectivity index is 2.01. The Kier molecular flexibility index (Phi) is 5.32. The van der Waals surface area contributed by atoms with Gasteiger partial charge in [-0.2, -0.15) is 0 Å². The summed E-state index contributed by atoms with van der Waals surface area (Å²) in [6, 6.07) is 0.0186. The molecule has 0 spiro atoms. The largest absolute Gasteiger partial charge is 0.409 e. The first kappa shape index (κ1) is 15.5. The summed E-state index contributed by atoms with van der Waals surface area (Å²) < 4.78 is 0. The van der Waals surface area contributed by atoms with Crippen LogP contribution in [0.4, 0.5) is 5.82 Å². The molecular weight excluding hydrogens is 268 g/mol. The van der Waals surface area contributed by atoms with E-state index in [4.69, 9.17) is 10.9 Å². The van der Waals surface area contributed by atoms with Crippen molar-refractivity contribution in [1.29, 1.82) is 0 Å². The topological polar surface area (TPSA) is 90.9 Å². The molecule has 0 bridgehead atoms. The lowest BCUT2D eigenvalue weighted by Crippen LogP contribution is -2.54. The molecule has 0 aliphatic carbocycles. The maximum Gasteiger partial charge on any atom is 0.156 e. The van der Waals surface area contributed by atoms with E-state index in [1.54, 1.807) is 12.4 Å². The molecule has 0 saturated carbocycles. The summed E-state index contributed by atoms with van der Waals surface area (Å²) in [6.07, 6.45) is 5.35. The van der Waals surface area contributed by atoms with E-state index < -0.39 is 0 Å². The second-order valence-electron chi connectivity index (χ2n) is 5.32. The maximum atomic E-state index is 8.94. The van der Waals surface area contributed by atoms with Crippen molar-refractivity contribution in [3.8, 4) is 0 Å². The Morgan fingerprint density at radius 2 is 2.00 bits per heavy atom. The fourth-order valence-electron chi connectivity index (χ4n) is 2.81. The molecule has 1 aliphatic heterocycles. The Hall–Kier alpha value is -1.89. The van der Waals surface area contributed by atoms with Crippen LogP contribution in [0.3, 0.4) is 0 Å². The Labute approximate surface area is 125 Å². The summed E-state index contributed by atoms with van der Waals surface area (Å²) in [5.41, 5.74) is 6.78. The van der Waals surface area contributed by atoms with Crippen molar-refractivity contribution in [1.82, 2.24) is 14.9 Å². The van der Waals surface area contributed by atoms with Gasteiger partial charge in [-0.15, -0.1) is 0 Å². The molecule has 1 saturated heterocycles. The SMILES string of the molecule is CCCC(C(N)=NO)N1CCN(c2nccnc2C)CC1. The number of amidine groups is 1. The van der Waals surface area contributed by atoms with Gasteiger partial charge in [-0.3, -0.25) is 9.88 Å². The van der Waals surface area contributed by atoms with Gasteiger partial charge in [-0.1, -0.05) is 18.5 Å². The number of nitrogens with zero attached hydrogens (tertiary/aromatic N) is 5. The summed E-state index contributed by atoms with van der Waals surface area (Å²) in [5, 5.41) is 12.1. The zero-order valence-corrected chi connectivity index (χ0v) is 12.7. The number of nitrogens with two attached hydrogens (primary N) is 1. The number of rotatable bonds is 5. The summed E-state index contributed by atoms with van der Waals surface area (Å²) in [6.45, 7) is 7.58. The highest BCUT2D eigenvalue weighted by Crippen LogP contribution is 2.18. The van der Waals surface area contributed by atoms with Gasteiger partial charge in [-0.25, -0.2) is 4.98 Å². The lowest BCUT2D eigenvalue weighted by molar-refractivity contribution is 0.211. The highest BCUT2D eigenvalue weighted by molar-refractivity contribution is 5.85. The average Bonchev–Trinajstić information content (AvgIpc) is 2.53. The maximum absolute atomic E-state index is 8.94. The van der Waals surface area contributed by atoms with Crippen molar-refractivity contribution in [3.63, 3.8) is 0 Å². The van der Waals surface area contributed by atoms with Crippen molar-refractivity contribution in [2.45, 2.75) is 32.7 Å². The van der Waals surface area contributed by atoms with Crippen LogP contribution >= 0.6 is 0 Å². The van der Waals surface area contributed by atoms with Crippen molar-refractivity contribution in [2.75, 3.05) is 31.1 Å². The molecule has 7 nitrogen and oxygen atoms in total. The van der Waals surface area contributed by atoms with Crippen LogP contribution in [0.1, 0.15) is 25.5 Å². The van der Waals surface area contributed by atoms with E-state index in [2.05, 4.69) is 31.8 Å². The van der Waals surface area contributed by atoms with Crippen LogP contribution in [0.5, 0.6) is 0 Å². The molecule has 21 heavy (non-hydrogen) atoms. The average molecular weight is 292 g/mol. The first-order chi connectivity index (χ1) is 10.2. The Morgan fingerprint density at radius 3 is 2.57 bits per heavy atom. The highest BCUT2D eigenvalue weighted by Gasteiger charge is 2.27. The monoisotopic (exact) mass is 292 g/mol. The standard InChI is InChI=1S/C14H24N6O/c1-3-4-12(13(15)18-21)19-7-9-20(10-8-19)14-11(2)16-5-6-17-14/h5-6,12,21H,3-4,7-10H2,1-2H3,(H2,15,18). The van der Waals surface area contributed by atoms with Gasteiger partial charge in [0, 0.05) is 38.6 Å². The Bertz CT molecular complexity index is 484. The van der Waals surface area contributed by atoms with Crippen molar-refractivity contribution < 1.29 is 5.21 Å². The minimum atomic E-state index is 0.0186.